The number of likely N-dealkylation sites (tertiary alicyclic amines) is 1. The molecule has 1 fully saturated rings. The maximum atomic E-state index is 13.1. The molecule has 2 aromatic carbocycles. The third-order valence-corrected chi connectivity index (χ3v) is 7.38. The van der Waals surface area contributed by atoms with E-state index in [0.29, 0.717) is 0 Å². The molecule has 160 valence electrons. The molecule has 6 heteroatoms. The first kappa shape index (κ1) is 20.6. The zero-order valence-corrected chi connectivity index (χ0v) is 19.0. The molecule has 2 amide bonds. The van der Waals surface area contributed by atoms with Crippen LogP contribution < -0.4 is 10.2 Å². The van der Waals surface area contributed by atoms with Gasteiger partial charge in [-0.05, 0) is 66.8 Å². The number of thiophene rings is 1. The average Bonchev–Trinajstić information content (AvgIpc) is 3.40. The Kier molecular flexibility index (Phi) is 5.99. The lowest BCUT2D eigenvalue weighted by molar-refractivity contribution is 0.183. The van der Waals surface area contributed by atoms with Crippen molar-refractivity contribution >= 4 is 34.7 Å². The minimum absolute atomic E-state index is 0.0252. The van der Waals surface area contributed by atoms with Crippen LogP contribution in [0.4, 0.5) is 10.5 Å². The summed E-state index contributed by atoms with van der Waals surface area (Å²) < 4.78 is 0.833. The monoisotopic (exact) mass is 451 g/mol. The van der Waals surface area contributed by atoms with Gasteiger partial charge in [-0.25, -0.2) is 4.79 Å². The van der Waals surface area contributed by atoms with E-state index in [1.54, 1.807) is 11.3 Å². The fourth-order valence-electron chi connectivity index (χ4n) is 4.65. The van der Waals surface area contributed by atoms with Crippen molar-refractivity contribution in [3.05, 3.63) is 75.4 Å². The van der Waals surface area contributed by atoms with E-state index in [4.69, 9.17) is 11.6 Å². The molecule has 4 nitrogen and oxygen atoms in total. The van der Waals surface area contributed by atoms with Crippen LogP contribution in [-0.2, 0) is 13.0 Å². The summed E-state index contributed by atoms with van der Waals surface area (Å²) in [4.78, 5) is 18.7. The van der Waals surface area contributed by atoms with Crippen molar-refractivity contribution in [2.75, 3.05) is 24.5 Å². The van der Waals surface area contributed by atoms with E-state index in [-0.39, 0.29) is 12.1 Å². The Balaban J connectivity index is 1.22. The Morgan fingerprint density at radius 1 is 1.06 bits per heavy atom. The highest BCUT2D eigenvalue weighted by molar-refractivity contribution is 7.16. The summed E-state index contributed by atoms with van der Waals surface area (Å²) in [5.74, 6) is 0. The normalized spacial score (nSPS) is 18.7. The van der Waals surface area contributed by atoms with E-state index in [1.165, 1.54) is 21.6 Å². The third-order valence-electron chi connectivity index (χ3n) is 6.17. The lowest BCUT2D eigenvalue weighted by Gasteiger charge is -2.33. The van der Waals surface area contributed by atoms with Gasteiger partial charge in [0, 0.05) is 36.2 Å². The number of nitrogens with zero attached hydrogens (tertiary/aromatic N) is 2. The van der Waals surface area contributed by atoms with Gasteiger partial charge in [0.15, 0.2) is 0 Å². The summed E-state index contributed by atoms with van der Waals surface area (Å²) in [6, 6.07) is 21.1. The Morgan fingerprint density at radius 2 is 1.94 bits per heavy atom. The zero-order chi connectivity index (χ0) is 21.2. The number of nitrogens with one attached hydrogen (secondary N) is 1. The summed E-state index contributed by atoms with van der Waals surface area (Å²) in [7, 11) is 0. The molecule has 0 aliphatic carbocycles. The van der Waals surface area contributed by atoms with E-state index in [9.17, 15) is 4.79 Å². The van der Waals surface area contributed by atoms with Crippen molar-refractivity contribution in [2.45, 2.75) is 31.8 Å². The summed E-state index contributed by atoms with van der Waals surface area (Å²) in [5, 5.41) is 3.29. The molecule has 0 saturated carbocycles. The number of piperidine rings is 1. The molecule has 3 aromatic rings. The predicted molar refractivity (Wildman–Crippen MR) is 129 cm³/mol. The minimum atomic E-state index is 0.0252. The third kappa shape index (κ3) is 4.64. The van der Waals surface area contributed by atoms with Gasteiger partial charge in [0.2, 0.25) is 0 Å². The second kappa shape index (κ2) is 9.03. The molecule has 0 spiro atoms. The zero-order valence-electron chi connectivity index (χ0n) is 17.4. The van der Waals surface area contributed by atoms with Crippen molar-refractivity contribution in [1.82, 2.24) is 10.2 Å². The largest absolute Gasteiger partial charge is 0.334 e. The molecule has 1 N–H and O–H groups in total. The number of fused-ring (bicyclic) bond motifs is 1. The molecule has 1 unspecified atom stereocenters. The highest BCUT2D eigenvalue weighted by Crippen LogP contribution is 2.32. The number of hydrogen-bond donors (Lipinski definition) is 1. The number of urea groups is 1. The molecule has 31 heavy (non-hydrogen) atoms. The van der Waals surface area contributed by atoms with Gasteiger partial charge in [0.1, 0.15) is 0 Å². The number of amides is 2. The maximum Gasteiger partial charge on any atom is 0.322 e. The van der Waals surface area contributed by atoms with Crippen molar-refractivity contribution in [1.29, 1.82) is 0 Å². The van der Waals surface area contributed by atoms with Gasteiger partial charge >= 0.3 is 6.03 Å². The van der Waals surface area contributed by atoms with Gasteiger partial charge in [-0.1, -0.05) is 48.0 Å². The number of benzene rings is 2. The van der Waals surface area contributed by atoms with Crippen molar-refractivity contribution in [3.8, 4) is 11.1 Å². The Labute approximate surface area is 192 Å². The Bertz CT molecular complexity index is 1070. The van der Waals surface area contributed by atoms with E-state index < -0.39 is 0 Å². The highest BCUT2D eigenvalue weighted by Gasteiger charge is 2.28. The van der Waals surface area contributed by atoms with Gasteiger partial charge in [0.25, 0.3) is 0 Å². The molecule has 3 heterocycles. The summed E-state index contributed by atoms with van der Waals surface area (Å²) in [5.41, 5.74) is 4.70. The van der Waals surface area contributed by atoms with E-state index in [1.807, 2.05) is 17.0 Å². The van der Waals surface area contributed by atoms with Crippen LogP contribution in [0.15, 0.2) is 60.7 Å². The summed E-state index contributed by atoms with van der Waals surface area (Å²) >= 11 is 7.71. The van der Waals surface area contributed by atoms with Crippen LogP contribution in [0.3, 0.4) is 0 Å². The highest BCUT2D eigenvalue weighted by atomic mass is 35.5. The van der Waals surface area contributed by atoms with Crippen LogP contribution in [0.2, 0.25) is 4.34 Å². The first-order valence-corrected chi connectivity index (χ1v) is 12.1. The van der Waals surface area contributed by atoms with Gasteiger partial charge in [-0.2, -0.15) is 0 Å². The minimum Gasteiger partial charge on any atom is -0.334 e. The quantitative estimate of drug-likeness (QED) is 0.543. The number of carbonyl (C=O) groups is 1. The smallest absolute Gasteiger partial charge is 0.322 e. The number of anilines is 1. The fraction of sp³-hybridized carbons (Fsp3) is 0.320. The van der Waals surface area contributed by atoms with Crippen LogP contribution in [0.25, 0.3) is 11.1 Å². The van der Waals surface area contributed by atoms with Crippen LogP contribution >= 0.6 is 22.9 Å². The number of rotatable bonds is 4. The van der Waals surface area contributed by atoms with Crippen molar-refractivity contribution in [2.24, 2.45) is 0 Å². The first-order valence-electron chi connectivity index (χ1n) is 10.9. The molecular formula is C25H26ClN3OS. The second-order valence-electron chi connectivity index (χ2n) is 8.34. The number of carbonyl (C=O) groups excluding carboxylic acids is 1. The van der Waals surface area contributed by atoms with Crippen LogP contribution in [-0.4, -0.2) is 36.6 Å². The lowest BCUT2D eigenvalue weighted by atomic mass is 10.0. The molecule has 0 bridgehead atoms. The van der Waals surface area contributed by atoms with E-state index >= 15 is 0 Å². The van der Waals surface area contributed by atoms with Gasteiger partial charge in [-0.15, -0.1) is 11.3 Å². The van der Waals surface area contributed by atoms with E-state index in [2.05, 4.69) is 58.7 Å². The molecule has 1 aromatic heterocycles. The molecule has 1 saturated heterocycles. The molecule has 2 aliphatic rings. The standard InChI is InChI=1S/C25H26ClN3OS/c26-24-11-9-22(31-24)17-28-13-4-7-21(16-28)27-25(30)29-14-12-20-15-19(8-10-23(20)29)18-5-2-1-3-6-18/h1-3,5-6,8-11,15,21H,4,7,12-14,16-17H2,(H,27,30). The SMILES string of the molecule is O=C(NC1CCCN(Cc2ccc(Cl)s2)C1)N1CCc2cc(-c3ccccc3)ccc21. The second-order valence-corrected chi connectivity index (χ2v) is 10.1. The van der Waals surface area contributed by atoms with Crippen LogP contribution in [0.5, 0.6) is 0 Å². The summed E-state index contributed by atoms with van der Waals surface area (Å²) in [6.45, 7) is 3.59. The molecule has 0 radical (unpaired) electrons. The first-order chi connectivity index (χ1) is 15.2. The van der Waals surface area contributed by atoms with Gasteiger partial charge in [-0.3, -0.25) is 9.80 Å². The van der Waals surface area contributed by atoms with Crippen molar-refractivity contribution < 1.29 is 4.79 Å². The van der Waals surface area contributed by atoms with E-state index in [0.717, 1.165) is 55.5 Å². The molecular weight excluding hydrogens is 426 g/mol. The fourth-order valence-corrected chi connectivity index (χ4v) is 5.78. The number of hydrogen-bond acceptors (Lipinski definition) is 3. The van der Waals surface area contributed by atoms with Crippen LogP contribution in [0, 0.1) is 0 Å². The maximum absolute atomic E-state index is 13.1. The predicted octanol–water partition coefficient (Wildman–Crippen LogP) is 5.81. The molecule has 2 aliphatic heterocycles. The van der Waals surface area contributed by atoms with Gasteiger partial charge in [0.05, 0.1) is 4.34 Å². The number of halogens is 1. The molecule has 5 rings (SSSR count). The lowest BCUT2D eigenvalue weighted by Crippen LogP contribution is -2.51. The average molecular weight is 452 g/mol. The topological polar surface area (TPSA) is 35.6 Å². The van der Waals surface area contributed by atoms with Crippen molar-refractivity contribution in [3.63, 3.8) is 0 Å². The Hall–Kier alpha value is -2.34. The van der Waals surface area contributed by atoms with Crippen LogP contribution in [0.1, 0.15) is 23.3 Å². The van der Waals surface area contributed by atoms with Gasteiger partial charge < -0.3 is 5.32 Å². The molecule has 1 atom stereocenters. The summed E-state index contributed by atoms with van der Waals surface area (Å²) in [6.07, 6.45) is 3.03. The Morgan fingerprint density at radius 3 is 2.74 bits per heavy atom.